The molecule has 2 heteroatoms. The van der Waals surface area contributed by atoms with E-state index >= 15 is 0 Å². The van der Waals surface area contributed by atoms with Crippen molar-refractivity contribution in [3.8, 4) is 0 Å². The van der Waals surface area contributed by atoms with Gasteiger partial charge in [-0.05, 0) is 46.0 Å². The Hall–Kier alpha value is -0.0800. The Bertz CT molecular complexity index is 192. The first-order valence-electron chi connectivity index (χ1n) is 4.92. The zero-order chi connectivity index (χ0) is 8.82. The highest BCUT2D eigenvalue weighted by atomic mass is 16.5. The Morgan fingerprint density at radius 2 is 2.00 bits per heavy atom. The summed E-state index contributed by atoms with van der Waals surface area (Å²) in [5, 5.41) is 9.77. The second-order valence-electron chi connectivity index (χ2n) is 4.77. The summed E-state index contributed by atoms with van der Waals surface area (Å²) in [6, 6.07) is 0. The van der Waals surface area contributed by atoms with Crippen LogP contribution in [-0.4, -0.2) is 22.4 Å². The molecular formula is C10H18O2. The summed E-state index contributed by atoms with van der Waals surface area (Å²) in [5.74, 6) is 0. The van der Waals surface area contributed by atoms with Crippen molar-refractivity contribution in [1.82, 2.24) is 0 Å². The fraction of sp³-hybridized carbons (Fsp3) is 1.00. The number of rotatable bonds is 0. The fourth-order valence-corrected chi connectivity index (χ4v) is 2.64. The van der Waals surface area contributed by atoms with Crippen LogP contribution in [0.25, 0.3) is 0 Å². The average Bonchev–Trinajstić information content (AvgIpc) is 1.98. The normalized spacial score (nSPS) is 53.8. The molecule has 2 saturated heterocycles. The second kappa shape index (κ2) is 2.46. The predicted molar refractivity (Wildman–Crippen MR) is 47.0 cm³/mol. The lowest BCUT2D eigenvalue weighted by Gasteiger charge is -2.52. The molecule has 2 nitrogen and oxygen atoms in total. The summed E-state index contributed by atoms with van der Waals surface area (Å²) in [6.07, 6.45) is 5.06. The molecule has 70 valence electrons. The molecule has 0 aliphatic carbocycles. The highest BCUT2D eigenvalue weighted by Crippen LogP contribution is 2.45. The van der Waals surface area contributed by atoms with Gasteiger partial charge in [0.05, 0.1) is 17.3 Å². The molecule has 2 aliphatic heterocycles. The number of hydrogen-bond acceptors (Lipinski definition) is 2. The van der Waals surface area contributed by atoms with E-state index in [1.165, 1.54) is 6.42 Å². The standard InChI is InChI=1S/C10H18O2/c1-9-5-3-6-10(2,12-9)8(11)4-7-9/h8,11H,3-7H2,1-2H3/t8-,9+,10-/m1/s1. The van der Waals surface area contributed by atoms with E-state index in [1.807, 2.05) is 6.92 Å². The molecule has 0 aromatic heterocycles. The van der Waals surface area contributed by atoms with Crippen LogP contribution >= 0.6 is 0 Å². The van der Waals surface area contributed by atoms with Gasteiger partial charge in [-0.15, -0.1) is 0 Å². The van der Waals surface area contributed by atoms with Crippen LogP contribution in [0, 0.1) is 0 Å². The van der Waals surface area contributed by atoms with Crippen molar-refractivity contribution in [1.29, 1.82) is 0 Å². The summed E-state index contributed by atoms with van der Waals surface area (Å²) in [5.41, 5.74) is -0.183. The van der Waals surface area contributed by atoms with Crippen molar-refractivity contribution in [3.63, 3.8) is 0 Å². The minimum Gasteiger partial charge on any atom is -0.390 e. The van der Waals surface area contributed by atoms with Gasteiger partial charge in [-0.1, -0.05) is 0 Å². The van der Waals surface area contributed by atoms with Gasteiger partial charge < -0.3 is 9.84 Å². The molecule has 0 saturated carbocycles. The van der Waals surface area contributed by atoms with Crippen LogP contribution in [0.4, 0.5) is 0 Å². The Balaban J connectivity index is 2.20. The fourth-order valence-electron chi connectivity index (χ4n) is 2.64. The van der Waals surface area contributed by atoms with E-state index in [-0.39, 0.29) is 17.3 Å². The predicted octanol–water partition coefficient (Wildman–Crippen LogP) is 1.86. The third-order valence-corrected chi connectivity index (χ3v) is 3.51. The van der Waals surface area contributed by atoms with Crippen LogP contribution < -0.4 is 0 Å². The topological polar surface area (TPSA) is 29.5 Å². The lowest BCUT2D eigenvalue weighted by molar-refractivity contribution is -0.247. The van der Waals surface area contributed by atoms with Gasteiger partial charge in [-0.3, -0.25) is 0 Å². The monoisotopic (exact) mass is 170 g/mol. The van der Waals surface area contributed by atoms with Crippen LogP contribution in [0.5, 0.6) is 0 Å². The number of hydrogen-bond donors (Lipinski definition) is 1. The van der Waals surface area contributed by atoms with Crippen molar-refractivity contribution in [2.75, 3.05) is 0 Å². The molecule has 12 heavy (non-hydrogen) atoms. The highest BCUT2D eigenvalue weighted by Gasteiger charge is 2.48. The number of ether oxygens (including phenoxy) is 1. The van der Waals surface area contributed by atoms with E-state index in [4.69, 9.17) is 4.74 Å². The second-order valence-corrected chi connectivity index (χ2v) is 4.77. The first kappa shape index (κ1) is 8.52. The largest absolute Gasteiger partial charge is 0.390 e. The van der Waals surface area contributed by atoms with E-state index in [0.717, 1.165) is 25.7 Å². The van der Waals surface area contributed by atoms with Crippen molar-refractivity contribution >= 4 is 0 Å². The first-order valence-corrected chi connectivity index (χ1v) is 4.92. The van der Waals surface area contributed by atoms with Gasteiger partial charge in [0.15, 0.2) is 0 Å². The lowest BCUT2D eigenvalue weighted by Crippen LogP contribution is -2.56. The maximum absolute atomic E-state index is 9.77. The maximum Gasteiger partial charge on any atom is 0.0919 e. The van der Waals surface area contributed by atoms with Crippen LogP contribution in [0.2, 0.25) is 0 Å². The number of fused-ring (bicyclic) bond motifs is 2. The van der Waals surface area contributed by atoms with Crippen molar-refractivity contribution in [3.05, 3.63) is 0 Å². The Kier molecular flexibility index (Phi) is 1.74. The highest BCUT2D eigenvalue weighted by molar-refractivity contribution is 4.98. The summed E-state index contributed by atoms with van der Waals surface area (Å²) in [6.45, 7) is 4.23. The van der Waals surface area contributed by atoms with Gasteiger partial charge in [0.25, 0.3) is 0 Å². The Labute approximate surface area is 73.9 Å². The maximum atomic E-state index is 9.77. The molecule has 2 aliphatic rings. The van der Waals surface area contributed by atoms with Crippen molar-refractivity contribution in [2.45, 2.75) is 63.3 Å². The lowest BCUT2D eigenvalue weighted by atomic mass is 9.75. The quantitative estimate of drug-likeness (QED) is 0.601. The minimum absolute atomic E-state index is 0.0617. The van der Waals surface area contributed by atoms with Gasteiger partial charge in [-0.25, -0.2) is 0 Å². The van der Waals surface area contributed by atoms with E-state index in [0.29, 0.717) is 0 Å². The Morgan fingerprint density at radius 3 is 2.67 bits per heavy atom. The average molecular weight is 170 g/mol. The molecule has 0 unspecified atom stereocenters. The van der Waals surface area contributed by atoms with E-state index in [9.17, 15) is 5.11 Å². The molecule has 2 fully saturated rings. The molecule has 2 rings (SSSR count). The minimum atomic E-state index is -0.245. The smallest absolute Gasteiger partial charge is 0.0919 e. The molecule has 0 spiro atoms. The number of aliphatic hydroxyl groups excluding tert-OH is 1. The molecule has 0 amide bonds. The van der Waals surface area contributed by atoms with Gasteiger partial charge in [0, 0.05) is 0 Å². The molecule has 0 radical (unpaired) electrons. The SMILES string of the molecule is C[C@@]12CCC[C@@](C)(O1)[C@H](O)CC2. The van der Waals surface area contributed by atoms with E-state index in [1.54, 1.807) is 0 Å². The van der Waals surface area contributed by atoms with E-state index in [2.05, 4.69) is 6.92 Å². The molecule has 0 aromatic carbocycles. The van der Waals surface area contributed by atoms with Crippen molar-refractivity contribution in [2.24, 2.45) is 0 Å². The van der Waals surface area contributed by atoms with Crippen molar-refractivity contribution < 1.29 is 9.84 Å². The van der Waals surface area contributed by atoms with Gasteiger partial charge in [-0.2, -0.15) is 0 Å². The van der Waals surface area contributed by atoms with Gasteiger partial charge >= 0.3 is 0 Å². The Morgan fingerprint density at radius 1 is 1.25 bits per heavy atom. The third kappa shape index (κ3) is 1.17. The summed E-state index contributed by atoms with van der Waals surface area (Å²) in [7, 11) is 0. The van der Waals surface area contributed by atoms with Crippen LogP contribution in [0.1, 0.15) is 46.0 Å². The molecule has 1 N–H and O–H groups in total. The first-order chi connectivity index (χ1) is 5.54. The van der Waals surface area contributed by atoms with Gasteiger partial charge in [0.1, 0.15) is 0 Å². The van der Waals surface area contributed by atoms with Crippen LogP contribution in [0.3, 0.4) is 0 Å². The third-order valence-electron chi connectivity index (χ3n) is 3.51. The van der Waals surface area contributed by atoms with Gasteiger partial charge in [0.2, 0.25) is 0 Å². The van der Waals surface area contributed by atoms with Crippen LogP contribution in [-0.2, 0) is 4.74 Å². The molecular weight excluding hydrogens is 152 g/mol. The molecule has 3 atom stereocenters. The van der Waals surface area contributed by atoms with E-state index < -0.39 is 0 Å². The summed E-state index contributed by atoms with van der Waals surface area (Å²) in [4.78, 5) is 0. The zero-order valence-corrected chi connectivity index (χ0v) is 7.97. The summed E-state index contributed by atoms with van der Waals surface area (Å²) < 4.78 is 5.96. The molecule has 0 aromatic rings. The molecule has 2 heterocycles. The summed E-state index contributed by atoms with van der Waals surface area (Å²) >= 11 is 0. The van der Waals surface area contributed by atoms with Crippen LogP contribution in [0.15, 0.2) is 0 Å². The zero-order valence-electron chi connectivity index (χ0n) is 7.97. The number of aliphatic hydroxyl groups is 1. The molecule has 2 bridgehead atoms.